The van der Waals surface area contributed by atoms with Crippen LogP contribution in [0.1, 0.15) is 26.2 Å². The van der Waals surface area contributed by atoms with E-state index >= 15 is 0 Å². The van der Waals surface area contributed by atoms with Crippen molar-refractivity contribution in [2.75, 3.05) is 32.9 Å². The predicted molar refractivity (Wildman–Crippen MR) is 96.0 cm³/mol. The number of nitrogens with zero attached hydrogens (tertiary/aromatic N) is 1. The molecule has 2 saturated heterocycles. The molecule has 8 heteroatoms. The van der Waals surface area contributed by atoms with E-state index < -0.39 is 15.8 Å². The lowest BCUT2D eigenvalue weighted by Gasteiger charge is -2.33. The van der Waals surface area contributed by atoms with Gasteiger partial charge in [-0.2, -0.15) is 4.31 Å². The Bertz CT molecular complexity index is 720. The van der Waals surface area contributed by atoms with Gasteiger partial charge in [0.15, 0.2) is 11.6 Å². The molecule has 0 aliphatic carbocycles. The summed E-state index contributed by atoms with van der Waals surface area (Å²) in [6.07, 6.45) is 2.57. The molecule has 1 aromatic carbocycles. The molecule has 2 heterocycles. The normalized spacial score (nSPS) is 26.0. The van der Waals surface area contributed by atoms with Crippen molar-refractivity contribution in [3.63, 3.8) is 0 Å². The van der Waals surface area contributed by atoms with Gasteiger partial charge in [-0.15, -0.1) is 0 Å². The Balaban J connectivity index is 1.70. The fourth-order valence-electron chi connectivity index (χ4n) is 3.45. The van der Waals surface area contributed by atoms with Crippen molar-refractivity contribution in [2.24, 2.45) is 17.6 Å². The summed E-state index contributed by atoms with van der Waals surface area (Å²) in [7, 11) is -3.74. The SMILES string of the molecule is CC(N)C1CCCN(S(=O)(=O)c2ccc(OCC3CCOC3)c(F)c2)C1. The average Bonchev–Trinajstić information content (AvgIpc) is 3.14. The molecule has 3 atom stereocenters. The molecular weight excluding hydrogens is 359 g/mol. The molecule has 2 fully saturated rings. The zero-order chi connectivity index (χ0) is 18.7. The topological polar surface area (TPSA) is 81.9 Å². The van der Waals surface area contributed by atoms with Crippen LogP contribution in [0.2, 0.25) is 0 Å². The highest BCUT2D eigenvalue weighted by molar-refractivity contribution is 7.89. The molecule has 0 aromatic heterocycles. The van der Waals surface area contributed by atoms with Crippen LogP contribution in [0.15, 0.2) is 23.1 Å². The molecule has 0 spiro atoms. The Kier molecular flexibility index (Phi) is 6.17. The highest BCUT2D eigenvalue weighted by Crippen LogP contribution is 2.28. The molecule has 146 valence electrons. The van der Waals surface area contributed by atoms with Crippen LogP contribution >= 0.6 is 0 Å². The second-order valence-electron chi connectivity index (χ2n) is 7.26. The van der Waals surface area contributed by atoms with Crippen LogP contribution in [0.4, 0.5) is 4.39 Å². The van der Waals surface area contributed by atoms with E-state index in [1.807, 2.05) is 6.92 Å². The van der Waals surface area contributed by atoms with Crippen molar-refractivity contribution in [1.82, 2.24) is 4.31 Å². The third kappa shape index (κ3) is 4.36. The van der Waals surface area contributed by atoms with Crippen LogP contribution in [0, 0.1) is 17.7 Å². The molecule has 2 N–H and O–H groups in total. The van der Waals surface area contributed by atoms with Crippen LogP contribution in [-0.2, 0) is 14.8 Å². The number of benzene rings is 1. The Labute approximate surface area is 154 Å². The number of hydrogen-bond donors (Lipinski definition) is 1. The number of nitrogens with two attached hydrogens (primary N) is 1. The van der Waals surface area contributed by atoms with E-state index in [1.165, 1.54) is 16.4 Å². The highest BCUT2D eigenvalue weighted by atomic mass is 32.2. The Morgan fingerprint density at radius 2 is 2.23 bits per heavy atom. The fourth-order valence-corrected chi connectivity index (χ4v) is 5.00. The van der Waals surface area contributed by atoms with Crippen LogP contribution in [-0.4, -0.2) is 51.7 Å². The summed E-state index contributed by atoms with van der Waals surface area (Å²) in [5.41, 5.74) is 5.93. The van der Waals surface area contributed by atoms with Gasteiger partial charge in [-0.05, 0) is 50.3 Å². The molecule has 0 radical (unpaired) electrons. The number of ether oxygens (including phenoxy) is 2. The molecule has 2 aliphatic heterocycles. The fraction of sp³-hybridized carbons (Fsp3) is 0.667. The van der Waals surface area contributed by atoms with Gasteiger partial charge in [0.25, 0.3) is 0 Å². The maximum absolute atomic E-state index is 14.4. The van der Waals surface area contributed by atoms with Crippen molar-refractivity contribution in [3.8, 4) is 5.75 Å². The van der Waals surface area contributed by atoms with Crippen molar-refractivity contribution in [1.29, 1.82) is 0 Å². The number of halogens is 1. The summed E-state index contributed by atoms with van der Waals surface area (Å²) in [6.45, 7) is 4.39. The van der Waals surface area contributed by atoms with Gasteiger partial charge < -0.3 is 15.2 Å². The largest absolute Gasteiger partial charge is 0.490 e. The first-order valence-corrected chi connectivity index (χ1v) is 10.6. The Morgan fingerprint density at radius 1 is 1.42 bits per heavy atom. The van der Waals surface area contributed by atoms with Crippen molar-refractivity contribution < 1.29 is 22.3 Å². The third-order valence-corrected chi connectivity index (χ3v) is 7.06. The van der Waals surface area contributed by atoms with Gasteiger partial charge >= 0.3 is 0 Å². The lowest BCUT2D eigenvalue weighted by Crippen LogP contribution is -2.44. The maximum Gasteiger partial charge on any atom is 0.243 e. The standard InChI is InChI=1S/C18H27FN2O4S/c1-13(20)15-3-2-7-21(10-15)26(22,23)16-4-5-18(17(19)9-16)25-12-14-6-8-24-11-14/h4-5,9,13-15H,2-3,6-8,10-12,20H2,1H3. The summed E-state index contributed by atoms with van der Waals surface area (Å²) >= 11 is 0. The number of sulfonamides is 1. The minimum atomic E-state index is -3.74. The summed E-state index contributed by atoms with van der Waals surface area (Å²) in [5, 5.41) is 0. The van der Waals surface area contributed by atoms with Gasteiger partial charge in [-0.25, -0.2) is 12.8 Å². The number of rotatable bonds is 6. The number of hydrogen-bond acceptors (Lipinski definition) is 5. The summed E-state index contributed by atoms with van der Waals surface area (Å²) in [4.78, 5) is -0.0446. The van der Waals surface area contributed by atoms with Crippen molar-refractivity contribution in [2.45, 2.75) is 37.1 Å². The monoisotopic (exact) mass is 386 g/mol. The van der Waals surface area contributed by atoms with Gasteiger partial charge in [-0.3, -0.25) is 0 Å². The molecule has 2 aliphatic rings. The lowest BCUT2D eigenvalue weighted by molar-refractivity contribution is 0.165. The van der Waals surface area contributed by atoms with E-state index in [-0.39, 0.29) is 28.5 Å². The van der Waals surface area contributed by atoms with Crippen LogP contribution in [0.5, 0.6) is 5.75 Å². The van der Waals surface area contributed by atoms with E-state index in [2.05, 4.69) is 0 Å². The minimum Gasteiger partial charge on any atom is -0.490 e. The minimum absolute atomic E-state index is 0.0446. The average molecular weight is 386 g/mol. The van der Waals surface area contributed by atoms with E-state index in [1.54, 1.807) is 0 Å². The first-order valence-electron chi connectivity index (χ1n) is 9.13. The Morgan fingerprint density at radius 3 is 2.88 bits per heavy atom. The molecule has 3 unspecified atom stereocenters. The van der Waals surface area contributed by atoms with Crippen molar-refractivity contribution >= 4 is 10.0 Å². The molecular formula is C18H27FN2O4S. The summed E-state index contributed by atoms with van der Waals surface area (Å²) < 4.78 is 52.2. The quantitative estimate of drug-likeness (QED) is 0.809. The van der Waals surface area contributed by atoms with E-state index in [0.717, 1.165) is 25.3 Å². The lowest BCUT2D eigenvalue weighted by atomic mass is 9.93. The number of piperidine rings is 1. The highest BCUT2D eigenvalue weighted by Gasteiger charge is 2.32. The molecule has 6 nitrogen and oxygen atoms in total. The Hall–Kier alpha value is -1.22. The third-order valence-electron chi connectivity index (χ3n) is 5.20. The molecule has 0 amide bonds. The van der Waals surface area contributed by atoms with E-state index in [9.17, 15) is 12.8 Å². The van der Waals surface area contributed by atoms with Crippen molar-refractivity contribution in [3.05, 3.63) is 24.0 Å². The van der Waals surface area contributed by atoms with Gasteiger partial charge in [0.1, 0.15) is 0 Å². The second kappa shape index (κ2) is 8.21. The summed E-state index contributed by atoms with van der Waals surface area (Å²) in [6, 6.07) is 3.78. The van der Waals surface area contributed by atoms with Crippen LogP contribution in [0.3, 0.4) is 0 Å². The molecule has 3 rings (SSSR count). The van der Waals surface area contributed by atoms with E-state index in [4.69, 9.17) is 15.2 Å². The van der Waals surface area contributed by atoms with Gasteiger partial charge in [0.05, 0.1) is 18.1 Å². The maximum atomic E-state index is 14.4. The van der Waals surface area contributed by atoms with Gasteiger partial charge in [-0.1, -0.05) is 0 Å². The molecule has 26 heavy (non-hydrogen) atoms. The van der Waals surface area contributed by atoms with Crippen LogP contribution in [0.25, 0.3) is 0 Å². The first kappa shape index (κ1) is 19.5. The smallest absolute Gasteiger partial charge is 0.243 e. The zero-order valence-electron chi connectivity index (χ0n) is 15.1. The van der Waals surface area contributed by atoms with Gasteiger partial charge in [0.2, 0.25) is 10.0 Å². The van der Waals surface area contributed by atoms with Crippen LogP contribution < -0.4 is 10.5 Å². The second-order valence-corrected chi connectivity index (χ2v) is 9.20. The molecule has 0 saturated carbocycles. The van der Waals surface area contributed by atoms with E-state index in [0.29, 0.717) is 32.9 Å². The summed E-state index contributed by atoms with van der Waals surface area (Å²) in [5.74, 6) is -0.213. The first-order chi connectivity index (χ1) is 12.4. The van der Waals surface area contributed by atoms with Gasteiger partial charge in [0, 0.05) is 31.7 Å². The zero-order valence-corrected chi connectivity index (χ0v) is 15.9. The predicted octanol–water partition coefficient (Wildman–Crippen LogP) is 1.99. The molecule has 1 aromatic rings. The molecule has 0 bridgehead atoms.